The lowest BCUT2D eigenvalue weighted by Gasteiger charge is -2.10. The van der Waals surface area contributed by atoms with Gasteiger partial charge in [0.1, 0.15) is 0 Å². The number of nitrogens with zero attached hydrogens (tertiary/aromatic N) is 1. The molecule has 0 unspecified atom stereocenters. The van der Waals surface area contributed by atoms with E-state index < -0.39 is 0 Å². The number of benzene rings is 1. The maximum atomic E-state index is 5.90. The van der Waals surface area contributed by atoms with Crippen molar-refractivity contribution in [3.63, 3.8) is 0 Å². The number of pyridine rings is 1. The monoisotopic (exact) mass is 277 g/mol. The molecular formula is C12H12BrN3. The first-order chi connectivity index (χ1) is 7.68. The molecule has 0 aliphatic rings. The first kappa shape index (κ1) is 11.0. The summed E-state index contributed by atoms with van der Waals surface area (Å²) in [5.74, 6) is 0. The van der Waals surface area contributed by atoms with Gasteiger partial charge >= 0.3 is 0 Å². The van der Waals surface area contributed by atoms with Crippen molar-refractivity contribution in [3.05, 3.63) is 41.7 Å². The third kappa shape index (κ3) is 2.17. The summed E-state index contributed by atoms with van der Waals surface area (Å²) >= 11 is 3.31. The Hall–Kier alpha value is -1.55. The Balaban J connectivity index is 2.46. The van der Waals surface area contributed by atoms with Crippen molar-refractivity contribution in [1.82, 2.24) is 4.98 Å². The molecule has 1 aromatic carbocycles. The molecule has 16 heavy (non-hydrogen) atoms. The largest absolute Gasteiger partial charge is 0.398 e. The Kier molecular flexibility index (Phi) is 3.10. The predicted octanol–water partition coefficient (Wildman–Crippen LogP) is 3.14. The minimum absolute atomic E-state index is 0.675. The molecular weight excluding hydrogens is 266 g/mol. The minimum Gasteiger partial charge on any atom is -0.398 e. The van der Waals surface area contributed by atoms with Crippen LogP contribution in [0.15, 0.2) is 41.7 Å². The summed E-state index contributed by atoms with van der Waals surface area (Å²) < 4.78 is 0.904. The van der Waals surface area contributed by atoms with Gasteiger partial charge in [0.25, 0.3) is 0 Å². The number of nitrogens with one attached hydrogen (secondary N) is 1. The molecule has 0 aliphatic heterocycles. The van der Waals surface area contributed by atoms with Crippen molar-refractivity contribution in [2.75, 3.05) is 17.6 Å². The molecule has 0 fully saturated rings. The Labute approximate surface area is 102 Å². The average Bonchev–Trinajstić information content (AvgIpc) is 2.28. The van der Waals surface area contributed by atoms with Gasteiger partial charge in [0.15, 0.2) is 0 Å². The highest BCUT2D eigenvalue weighted by atomic mass is 79.9. The molecule has 1 heterocycles. The number of anilines is 2. The van der Waals surface area contributed by atoms with Gasteiger partial charge in [-0.05, 0) is 18.2 Å². The molecule has 0 spiro atoms. The summed E-state index contributed by atoms with van der Waals surface area (Å²) in [6.07, 6.45) is 3.55. The van der Waals surface area contributed by atoms with Gasteiger partial charge in [-0.3, -0.25) is 4.98 Å². The van der Waals surface area contributed by atoms with E-state index in [4.69, 9.17) is 5.73 Å². The van der Waals surface area contributed by atoms with Crippen molar-refractivity contribution >= 4 is 38.1 Å². The number of aromatic nitrogens is 1. The maximum absolute atomic E-state index is 5.90. The predicted molar refractivity (Wildman–Crippen MR) is 72.7 cm³/mol. The van der Waals surface area contributed by atoms with Crippen molar-refractivity contribution in [1.29, 1.82) is 0 Å². The van der Waals surface area contributed by atoms with Gasteiger partial charge in [-0.1, -0.05) is 22.5 Å². The second-order valence-corrected chi connectivity index (χ2v) is 4.62. The molecule has 2 aromatic rings. The van der Waals surface area contributed by atoms with E-state index in [1.807, 2.05) is 24.4 Å². The van der Waals surface area contributed by atoms with E-state index in [0.717, 1.165) is 26.6 Å². The standard InChI is InChI=1S/C12H12BrN3/c1-8(13)6-16-12-3-2-11(14)9-4-5-15-7-10(9)12/h2-5,7,16H,1,6,14H2. The summed E-state index contributed by atoms with van der Waals surface area (Å²) in [5, 5.41) is 5.31. The average molecular weight is 278 g/mol. The van der Waals surface area contributed by atoms with Crippen LogP contribution >= 0.6 is 15.9 Å². The van der Waals surface area contributed by atoms with E-state index in [0.29, 0.717) is 6.54 Å². The fraction of sp³-hybridized carbons (Fsp3) is 0.0833. The first-order valence-corrected chi connectivity index (χ1v) is 5.67. The number of rotatable bonds is 3. The van der Waals surface area contributed by atoms with Crippen LogP contribution in [0.2, 0.25) is 0 Å². The van der Waals surface area contributed by atoms with Crippen LogP contribution in [0.3, 0.4) is 0 Å². The molecule has 0 radical (unpaired) electrons. The number of nitrogen functional groups attached to an aromatic ring is 1. The Bertz CT molecular complexity index is 537. The number of halogens is 1. The number of fused-ring (bicyclic) bond motifs is 1. The van der Waals surface area contributed by atoms with Crippen molar-refractivity contribution < 1.29 is 0 Å². The zero-order valence-electron chi connectivity index (χ0n) is 8.70. The summed E-state index contributed by atoms with van der Waals surface area (Å²) in [6.45, 7) is 4.46. The molecule has 2 rings (SSSR count). The van der Waals surface area contributed by atoms with Crippen LogP contribution in [-0.4, -0.2) is 11.5 Å². The lowest BCUT2D eigenvalue weighted by atomic mass is 10.1. The quantitative estimate of drug-likeness (QED) is 0.848. The number of hydrogen-bond acceptors (Lipinski definition) is 3. The van der Waals surface area contributed by atoms with E-state index >= 15 is 0 Å². The molecule has 0 bridgehead atoms. The zero-order valence-corrected chi connectivity index (χ0v) is 10.3. The Morgan fingerprint density at radius 1 is 1.38 bits per heavy atom. The van der Waals surface area contributed by atoms with E-state index in [9.17, 15) is 0 Å². The molecule has 4 heteroatoms. The van der Waals surface area contributed by atoms with Crippen LogP contribution in [0.25, 0.3) is 10.8 Å². The van der Waals surface area contributed by atoms with Crippen LogP contribution in [0.5, 0.6) is 0 Å². The van der Waals surface area contributed by atoms with E-state index in [1.54, 1.807) is 6.20 Å². The minimum atomic E-state index is 0.675. The van der Waals surface area contributed by atoms with Crippen LogP contribution in [0.1, 0.15) is 0 Å². The second-order valence-electron chi connectivity index (χ2n) is 3.49. The zero-order chi connectivity index (χ0) is 11.5. The van der Waals surface area contributed by atoms with E-state index in [2.05, 4.69) is 32.8 Å². The third-order valence-corrected chi connectivity index (χ3v) is 2.60. The Morgan fingerprint density at radius 2 is 2.19 bits per heavy atom. The van der Waals surface area contributed by atoms with Gasteiger partial charge < -0.3 is 11.1 Å². The number of nitrogens with two attached hydrogens (primary N) is 1. The van der Waals surface area contributed by atoms with Crippen molar-refractivity contribution in [2.24, 2.45) is 0 Å². The highest BCUT2D eigenvalue weighted by Crippen LogP contribution is 2.27. The maximum Gasteiger partial charge on any atom is 0.0460 e. The summed E-state index contributed by atoms with van der Waals surface area (Å²) in [4.78, 5) is 4.11. The molecule has 0 atom stereocenters. The Morgan fingerprint density at radius 3 is 2.94 bits per heavy atom. The van der Waals surface area contributed by atoms with Crippen LogP contribution in [0.4, 0.5) is 11.4 Å². The van der Waals surface area contributed by atoms with E-state index in [1.165, 1.54) is 0 Å². The van der Waals surface area contributed by atoms with Gasteiger partial charge in [0, 0.05) is 45.6 Å². The summed E-state index contributed by atoms with van der Waals surface area (Å²) in [5.41, 5.74) is 7.68. The van der Waals surface area contributed by atoms with Crippen LogP contribution < -0.4 is 11.1 Å². The normalized spacial score (nSPS) is 10.3. The molecule has 0 amide bonds. The van der Waals surface area contributed by atoms with Crippen LogP contribution in [0, 0.1) is 0 Å². The van der Waals surface area contributed by atoms with Gasteiger partial charge in [0.05, 0.1) is 0 Å². The van der Waals surface area contributed by atoms with Crippen LogP contribution in [-0.2, 0) is 0 Å². The van der Waals surface area contributed by atoms with Gasteiger partial charge in [0.2, 0.25) is 0 Å². The first-order valence-electron chi connectivity index (χ1n) is 4.88. The molecule has 0 saturated heterocycles. The highest BCUT2D eigenvalue weighted by molar-refractivity contribution is 9.11. The lowest BCUT2D eigenvalue weighted by Crippen LogP contribution is -2.02. The summed E-state index contributed by atoms with van der Waals surface area (Å²) in [7, 11) is 0. The molecule has 3 nitrogen and oxygen atoms in total. The molecule has 0 saturated carbocycles. The topological polar surface area (TPSA) is 50.9 Å². The third-order valence-electron chi connectivity index (χ3n) is 2.32. The van der Waals surface area contributed by atoms with Gasteiger partial charge in [-0.2, -0.15) is 0 Å². The van der Waals surface area contributed by atoms with Gasteiger partial charge in [-0.15, -0.1) is 0 Å². The van der Waals surface area contributed by atoms with E-state index in [-0.39, 0.29) is 0 Å². The fourth-order valence-electron chi connectivity index (χ4n) is 1.56. The SMILES string of the molecule is C=C(Br)CNc1ccc(N)c2ccncc12. The van der Waals surface area contributed by atoms with Gasteiger partial charge in [-0.25, -0.2) is 0 Å². The number of hydrogen-bond donors (Lipinski definition) is 2. The molecule has 3 N–H and O–H groups in total. The smallest absolute Gasteiger partial charge is 0.0460 e. The molecule has 82 valence electrons. The second kappa shape index (κ2) is 4.53. The fourth-order valence-corrected chi connectivity index (χ4v) is 1.70. The molecule has 1 aromatic heterocycles. The molecule has 0 aliphatic carbocycles. The van der Waals surface area contributed by atoms with Crippen molar-refractivity contribution in [3.8, 4) is 0 Å². The summed E-state index contributed by atoms with van der Waals surface area (Å²) in [6, 6.07) is 5.76. The van der Waals surface area contributed by atoms with Crippen molar-refractivity contribution in [2.45, 2.75) is 0 Å². The lowest BCUT2D eigenvalue weighted by molar-refractivity contribution is 1.32. The highest BCUT2D eigenvalue weighted by Gasteiger charge is 2.03.